The zero-order valence-electron chi connectivity index (χ0n) is 6.55. The molecule has 0 bridgehead atoms. The number of nitrogen functional groups attached to an aromatic ring is 1. The fraction of sp³-hybridized carbons (Fsp3) is 0. The van der Waals surface area contributed by atoms with Crippen molar-refractivity contribution < 1.29 is 0 Å². The van der Waals surface area contributed by atoms with Crippen LogP contribution in [0.2, 0.25) is 5.02 Å². The van der Waals surface area contributed by atoms with Crippen LogP contribution >= 0.6 is 11.6 Å². The van der Waals surface area contributed by atoms with Crippen LogP contribution in [-0.2, 0) is 0 Å². The van der Waals surface area contributed by atoms with Crippen LogP contribution in [0.3, 0.4) is 0 Å². The summed E-state index contributed by atoms with van der Waals surface area (Å²) in [7, 11) is 0. The second-order valence-corrected chi connectivity index (χ2v) is 2.86. The number of hydrogen-bond donors (Lipinski definition) is 1. The Bertz CT molecular complexity index is 407. The third kappa shape index (κ3) is 1.59. The first-order valence-corrected chi connectivity index (χ1v) is 3.91. The summed E-state index contributed by atoms with van der Waals surface area (Å²) < 4.78 is 1.47. The Hall–Kier alpha value is -1.62. The molecule has 0 aliphatic carbocycles. The number of nitrogens with two attached hydrogens (primary N) is 1. The maximum Gasteiger partial charge on any atom is 0.250 e. The van der Waals surface area contributed by atoms with Crippen LogP contribution in [0.15, 0.2) is 24.8 Å². The largest absolute Gasteiger partial charge is 0.396 e. The summed E-state index contributed by atoms with van der Waals surface area (Å²) in [6.07, 6.45) is 6.16. The van der Waals surface area contributed by atoms with Gasteiger partial charge in [-0.1, -0.05) is 11.6 Å². The first-order chi connectivity index (χ1) is 6.25. The lowest BCUT2D eigenvalue weighted by Crippen LogP contribution is -2.01. The van der Waals surface area contributed by atoms with Crippen molar-refractivity contribution in [3.63, 3.8) is 0 Å². The maximum absolute atomic E-state index is 5.68. The molecule has 0 atom stereocenters. The van der Waals surface area contributed by atoms with Crippen molar-refractivity contribution in [2.45, 2.75) is 0 Å². The highest BCUT2D eigenvalue weighted by Gasteiger charge is 2.00. The number of halogens is 1. The van der Waals surface area contributed by atoms with Gasteiger partial charge < -0.3 is 5.73 Å². The third-order valence-corrected chi connectivity index (χ3v) is 1.61. The summed E-state index contributed by atoms with van der Waals surface area (Å²) in [4.78, 5) is 7.94. The molecule has 0 amide bonds. The lowest BCUT2D eigenvalue weighted by Gasteiger charge is -1.97. The smallest absolute Gasteiger partial charge is 0.250 e. The highest BCUT2D eigenvalue weighted by atomic mass is 35.5. The van der Waals surface area contributed by atoms with Crippen LogP contribution in [0.25, 0.3) is 5.95 Å². The minimum Gasteiger partial charge on any atom is -0.396 e. The maximum atomic E-state index is 5.68. The van der Waals surface area contributed by atoms with Crippen molar-refractivity contribution in [2.75, 3.05) is 5.73 Å². The second kappa shape index (κ2) is 3.02. The summed E-state index contributed by atoms with van der Waals surface area (Å²) >= 11 is 5.68. The minimum absolute atomic E-state index is 0.445. The van der Waals surface area contributed by atoms with E-state index in [1.165, 1.54) is 23.3 Å². The van der Waals surface area contributed by atoms with Gasteiger partial charge in [0.15, 0.2) is 0 Å². The molecule has 2 aromatic heterocycles. The van der Waals surface area contributed by atoms with Crippen molar-refractivity contribution in [2.24, 2.45) is 0 Å². The molecule has 2 heterocycles. The van der Waals surface area contributed by atoms with E-state index in [0.717, 1.165) is 0 Å². The third-order valence-electron chi connectivity index (χ3n) is 1.41. The Morgan fingerprint density at radius 2 is 1.92 bits per heavy atom. The zero-order valence-corrected chi connectivity index (χ0v) is 7.31. The number of rotatable bonds is 1. The summed E-state index contributed by atoms with van der Waals surface area (Å²) in [6, 6.07) is 0. The number of aromatic nitrogens is 4. The molecular weight excluding hydrogens is 190 g/mol. The fourth-order valence-corrected chi connectivity index (χ4v) is 0.996. The molecule has 2 aromatic rings. The molecule has 0 radical (unpaired) electrons. The van der Waals surface area contributed by atoms with Crippen LogP contribution in [0, 0.1) is 0 Å². The van der Waals surface area contributed by atoms with E-state index < -0.39 is 0 Å². The Labute approximate surface area is 79.2 Å². The fourth-order valence-electron chi connectivity index (χ4n) is 0.860. The van der Waals surface area contributed by atoms with Gasteiger partial charge in [0, 0.05) is 0 Å². The van der Waals surface area contributed by atoms with Crippen molar-refractivity contribution >= 4 is 17.3 Å². The van der Waals surface area contributed by atoms with E-state index in [2.05, 4.69) is 15.1 Å². The summed E-state index contributed by atoms with van der Waals surface area (Å²) in [6.45, 7) is 0. The first-order valence-electron chi connectivity index (χ1n) is 3.54. The molecule has 0 aliphatic heterocycles. The van der Waals surface area contributed by atoms with Gasteiger partial charge in [-0.2, -0.15) is 5.10 Å². The lowest BCUT2D eigenvalue weighted by atomic mass is 10.6. The molecule has 6 heteroatoms. The highest BCUT2D eigenvalue weighted by Crippen LogP contribution is 2.08. The van der Waals surface area contributed by atoms with Crippen LogP contribution in [0.4, 0.5) is 5.69 Å². The van der Waals surface area contributed by atoms with Gasteiger partial charge in [-0.3, -0.25) is 0 Å². The van der Waals surface area contributed by atoms with Crippen LogP contribution in [0.1, 0.15) is 0 Å². The second-order valence-electron chi connectivity index (χ2n) is 2.42. The molecule has 0 saturated carbocycles. The topological polar surface area (TPSA) is 69.6 Å². The highest BCUT2D eigenvalue weighted by molar-refractivity contribution is 6.30. The molecular formula is C7H6ClN5. The van der Waals surface area contributed by atoms with Gasteiger partial charge in [0.1, 0.15) is 0 Å². The van der Waals surface area contributed by atoms with E-state index in [0.29, 0.717) is 16.7 Å². The van der Waals surface area contributed by atoms with Crippen molar-refractivity contribution in [3.05, 3.63) is 29.8 Å². The Morgan fingerprint density at radius 3 is 2.46 bits per heavy atom. The van der Waals surface area contributed by atoms with Crippen molar-refractivity contribution in [3.8, 4) is 5.95 Å². The quantitative estimate of drug-likeness (QED) is 0.734. The molecule has 13 heavy (non-hydrogen) atoms. The molecule has 0 spiro atoms. The summed E-state index contributed by atoms with van der Waals surface area (Å²) in [5, 5.41) is 4.48. The van der Waals surface area contributed by atoms with Crippen molar-refractivity contribution in [1.82, 2.24) is 19.7 Å². The summed E-state index contributed by atoms with van der Waals surface area (Å²) in [5.41, 5.74) is 5.94. The Balaban J connectivity index is 2.41. The molecule has 0 aliphatic rings. The lowest BCUT2D eigenvalue weighted by molar-refractivity contribution is 0.809. The van der Waals surface area contributed by atoms with Gasteiger partial charge in [0.05, 0.1) is 35.5 Å². The zero-order chi connectivity index (χ0) is 9.26. The predicted octanol–water partition coefficient (Wildman–Crippen LogP) is 0.898. The Kier molecular flexibility index (Phi) is 1.86. The van der Waals surface area contributed by atoms with Crippen LogP contribution in [-0.4, -0.2) is 19.7 Å². The standard InChI is InChI=1S/C7H6ClN5/c8-5-1-12-13(4-5)7-10-2-6(9)3-11-7/h1-4H,9H2. The van der Waals surface area contributed by atoms with Gasteiger partial charge in [0.2, 0.25) is 0 Å². The van der Waals surface area contributed by atoms with E-state index in [1.807, 2.05) is 0 Å². The molecule has 0 unspecified atom stereocenters. The van der Waals surface area contributed by atoms with Gasteiger partial charge in [-0.25, -0.2) is 14.6 Å². The minimum atomic E-state index is 0.445. The predicted molar refractivity (Wildman–Crippen MR) is 48.6 cm³/mol. The van der Waals surface area contributed by atoms with E-state index in [1.54, 1.807) is 6.20 Å². The normalized spacial score (nSPS) is 10.2. The summed E-state index contributed by atoms with van der Waals surface area (Å²) in [5.74, 6) is 0.445. The van der Waals surface area contributed by atoms with Crippen LogP contribution < -0.4 is 5.73 Å². The van der Waals surface area contributed by atoms with Gasteiger partial charge in [-0.15, -0.1) is 0 Å². The molecule has 0 aromatic carbocycles. The number of nitrogens with zero attached hydrogens (tertiary/aromatic N) is 4. The van der Waals surface area contributed by atoms with Crippen molar-refractivity contribution in [1.29, 1.82) is 0 Å². The Morgan fingerprint density at radius 1 is 1.23 bits per heavy atom. The molecule has 2 N–H and O–H groups in total. The SMILES string of the molecule is Nc1cnc(-n2cc(Cl)cn2)nc1. The monoisotopic (exact) mass is 195 g/mol. The van der Waals surface area contributed by atoms with E-state index >= 15 is 0 Å². The van der Waals surface area contributed by atoms with Gasteiger partial charge in [0.25, 0.3) is 5.95 Å². The van der Waals surface area contributed by atoms with E-state index in [-0.39, 0.29) is 0 Å². The van der Waals surface area contributed by atoms with Gasteiger partial charge >= 0.3 is 0 Å². The molecule has 0 fully saturated rings. The van der Waals surface area contributed by atoms with E-state index in [4.69, 9.17) is 17.3 Å². The molecule has 5 nitrogen and oxygen atoms in total. The molecule has 0 saturated heterocycles. The molecule has 2 rings (SSSR count). The number of hydrogen-bond acceptors (Lipinski definition) is 4. The van der Waals surface area contributed by atoms with Gasteiger partial charge in [-0.05, 0) is 0 Å². The number of anilines is 1. The first kappa shape index (κ1) is 8.00. The average Bonchev–Trinajstić information content (AvgIpc) is 2.53. The van der Waals surface area contributed by atoms with E-state index in [9.17, 15) is 0 Å². The molecule has 66 valence electrons. The van der Waals surface area contributed by atoms with Crippen LogP contribution in [0.5, 0.6) is 0 Å². The average molecular weight is 196 g/mol.